The predicted octanol–water partition coefficient (Wildman–Crippen LogP) is 3.56. The molecule has 1 aliphatic carbocycles. The van der Waals surface area contributed by atoms with Crippen LogP contribution in [0.5, 0.6) is 0 Å². The highest BCUT2D eigenvalue weighted by Crippen LogP contribution is 2.31. The number of nitrogen functional groups attached to an aromatic ring is 1. The van der Waals surface area contributed by atoms with Crippen molar-refractivity contribution in [3.05, 3.63) is 11.9 Å². The van der Waals surface area contributed by atoms with Crippen molar-refractivity contribution in [2.75, 3.05) is 11.1 Å². The molecule has 0 radical (unpaired) electrons. The summed E-state index contributed by atoms with van der Waals surface area (Å²) in [5.74, 6) is 2.61. The summed E-state index contributed by atoms with van der Waals surface area (Å²) in [7, 11) is 0. The molecule has 1 unspecified atom stereocenters. The molecule has 0 amide bonds. The molecule has 2 rings (SSSR count). The van der Waals surface area contributed by atoms with Crippen LogP contribution in [0.15, 0.2) is 6.33 Å². The van der Waals surface area contributed by atoms with Gasteiger partial charge in [-0.3, -0.25) is 0 Å². The number of nitrogens with two attached hydrogens (primary N) is 1. The molecule has 1 aliphatic rings. The molecular formula is C15H26N4. The SMILES string of the molecule is CC(C)c1c(N)ncnc1NC(C)C1CCCCC1. The average molecular weight is 262 g/mol. The van der Waals surface area contributed by atoms with Crippen LogP contribution in [0.4, 0.5) is 11.6 Å². The Labute approximate surface area is 116 Å². The summed E-state index contributed by atoms with van der Waals surface area (Å²) in [6.07, 6.45) is 8.31. The van der Waals surface area contributed by atoms with E-state index in [1.807, 2.05) is 0 Å². The van der Waals surface area contributed by atoms with E-state index >= 15 is 0 Å². The molecule has 1 fully saturated rings. The predicted molar refractivity (Wildman–Crippen MR) is 80.2 cm³/mol. The molecule has 1 atom stereocenters. The smallest absolute Gasteiger partial charge is 0.135 e. The van der Waals surface area contributed by atoms with E-state index in [-0.39, 0.29) is 0 Å². The Morgan fingerprint density at radius 3 is 2.47 bits per heavy atom. The minimum absolute atomic E-state index is 0.335. The van der Waals surface area contributed by atoms with Crippen LogP contribution in [-0.2, 0) is 0 Å². The summed E-state index contributed by atoms with van der Waals surface area (Å²) in [4.78, 5) is 8.50. The second kappa shape index (κ2) is 6.22. The van der Waals surface area contributed by atoms with Crippen LogP contribution in [0.25, 0.3) is 0 Å². The van der Waals surface area contributed by atoms with E-state index in [0.717, 1.165) is 17.3 Å². The summed E-state index contributed by atoms with van der Waals surface area (Å²) >= 11 is 0. The van der Waals surface area contributed by atoms with Gasteiger partial charge in [0.05, 0.1) is 0 Å². The number of hydrogen-bond donors (Lipinski definition) is 2. The molecule has 1 saturated carbocycles. The highest BCUT2D eigenvalue weighted by molar-refractivity contribution is 5.57. The largest absolute Gasteiger partial charge is 0.383 e. The highest BCUT2D eigenvalue weighted by Gasteiger charge is 2.22. The van der Waals surface area contributed by atoms with Crippen LogP contribution < -0.4 is 11.1 Å². The highest BCUT2D eigenvalue weighted by atomic mass is 15.1. The van der Waals surface area contributed by atoms with Gasteiger partial charge in [0.1, 0.15) is 18.0 Å². The van der Waals surface area contributed by atoms with Crippen molar-refractivity contribution in [2.24, 2.45) is 5.92 Å². The van der Waals surface area contributed by atoms with Crippen molar-refractivity contribution in [1.82, 2.24) is 9.97 Å². The first kappa shape index (κ1) is 14.1. The fourth-order valence-electron chi connectivity index (χ4n) is 3.06. The zero-order valence-electron chi connectivity index (χ0n) is 12.3. The maximum absolute atomic E-state index is 5.99. The van der Waals surface area contributed by atoms with Crippen molar-refractivity contribution in [1.29, 1.82) is 0 Å². The molecule has 1 aromatic rings. The molecule has 1 heterocycles. The maximum atomic E-state index is 5.99. The third-order valence-corrected chi connectivity index (χ3v) is 4.21. The summed E-state index contributed by atoms with van der Waals surface area (Å²) in [5, 5.41) is 3.57. The Kier molecular flexibility index (Phi) is 4.61. The van der Waals surface area contributed by atoms with Crippen molar-refractivity contribution in [3.8, 4) is 0 Å². The lowest BCUT2D eigenvalue weighted by Gasteiger charge is -2.29. The van der Waals surface area contributed by atoms with Gasteiger partial charge in [-0.2, -0.15) is 0 Å². The number of anilines is 2. The zero-order chi connectivity index (χ0) is 13.8. The van der Waals surface area contributed by atoms with E-state index in [9.17, 15) is 0 Å². The van der Waals surface area contributed by atoms with Gasteiger partial charge in [0.25, 0.3) is 0 Å². The van der Waals surface area contributed by atoms with E-state index in [1.54, 1.807) is 6.33 Å². The number of hydrogen-bond acceptors (Lipinski definition) is 4. The standard InChI is InChI=1S/C15H26N4/c1-10(2)13-14(16)17-9-18-15(13)19-11(3)12-7-5-4-6-8-12/h9-12H,4-8H2,1-3H3,(H3,16,17,18,19). The van der Waals surface area contributed by atoms with E-state index in [2.05, 4.69) is 36.1 Å². The van der Waals surface area contributed by atoms with Crippen LogP contribution in [0, 0.1) is 5.92 Å². The maximum Gasteiger partial charge on any atom is 0.135 e. The molecular weight excluding hydrogens is 236 g/mol. The second-order valence-electron chi connectivity index (χ2n) is 6.01. The molecule has 0 saturated heterocycles. The summed E-state index contributed by atoms with van der Waals surface area (Å²) in [6.45, 7) is 6.52. The summed E-state index contributed by atoms with van der Waals surface area (Å²) < 4.78 is 0. The fourth-order valence-corrected chi connectivity index (χ4v) is 3.06. The van der Waals surface area contributed by atoms with Gasteiger partial charge in [0.15, 0.2) is 0 Å². The molecule has 106 valence electrons. The zero-order valence-corrected chi connectivity index (χ0v) is 12.3. The number of nitrogens with zero attached hydrogens (tertiary/aromatic N) is 2. The molecule has 0 aromatic carbocycles. The first-order valence-corrected chi connectivity index (χ1v) is 7.46. The van der Waals surface area contributed by atoms with E-state index in [0.29, 0.717) is 17.8 Å². The lowest BCUT2D eigenvalue weighted by molar-refractivity contribution is 0.328. The first-order valence-electron chi connectivity index (χ1n) is 7.46. The third-order valence-electron chi connectivity index (χ3n) is 4.21. The van der Waals surface area contributed by atoms with Gasteiger partial charge in [-0.25, -0.2) is 9.97 Å². The van der Waals surface area contributed by atoms with Crippen LogP contribution in [-0.4, -0.2) is 16.0 Å². The Balaban J connectivity index is 2.11. The molecule has 3 N–H and O–H groups in total. The quantitative estimate of drug-likeness (QED) is 0.870. The van der Waals surface area contributed by atoms with Gasteiger partial charge >= 0.3 is 0 Å². The summed E-state index contributed by atoms with van der Waals surface area (Å²) in [5.41, 5.74) is 7.03. The minimum Gasteiger partial charge on any atom is -0.383 e. The lowest BCUT2D eigenvalue weighted by atomic mass is 9.84. The normalized spacial score (nSPS) is 18.5. The van der Waals surface area contributed by atoms with Crippen molar-refractivity contribution < 1.29 is 0 Å². The van der Waals surface area contributed by atoms with Gasteiger partial charge in [-0.05, 0) is 31.6 Å². The van der Waals surface area contributed by atoms with Crippen molar-refractivity contribution in [3.63, 3.8) is 0 Å². The Hall–Kier alpha value is -1.32. The first-order chi connectivity index (χ1) is 9.09. The molecule has 4 heteroatoms. The molecule has 0 aliphatic heterocycles. The van der Waals surface area contributed by atoms with Crippen molar-refractivity contribution in [2.45, 2.75) is 64.8 Å². The number of nitrogens with one attached hydrogen (secondary N) is 1. The molecule has 1 aromatic heterocycles. The van der Waals surface area contributed by atoms with Crippen LogP contribution >= 0.6 is 0 Å². The van der Waals surface area contributed by atoms with Crippen LogP contribution in [0.1, 0.15) is 64.4 Å². The lowest BCUT2D eigenvalue weighted by Crippen LogP contribution is -2.29. The molecule has 4 nitrogen and oxygen atoms in total. The van der Waals surface area contributed by atoms with Gasteiger partial charge in [0, 0.05) is 11.6 Å². The Morgan fingerprint density at radius 2 is 1.84 bits per heavy atom. The van der Waals surface area contributed by atoms with Gasteiger partial charge < -0.3 is 11.1 Å². The average Bonchev–Trinajstić information content (AvgIpc) is 2.39. The topological polar surface area (TPSA) is 63.8 Å². The number of rotatable bonds is 4. The van der Waals surface area contributed by atoms with E-state index < -0.39 is 0 Å². The summed E-state index contributed by atoms with van der Waals surface area (Å²) in [6, 6.07) is 0.451. The molecule has 19 heavy (non-hydrogen) atoms. The van der Waals surface area contributed by atoms with Crippen LogP contribution in [0.3, 0.4) is 0 Å². The molecule has 0 bridgehead atoms. The monoisotopic (exact) mass is 262 g/mol. The van der Waals surface area contributed by atoms with Crippen LogP contribution in [0.2, 0.25) is 0 Å². The second-order valence-corrected chi connectivity index (χ2v) is 6.01. The van der Waals surface area contributed by atoms with Gasteiger partial charge in [-0.1, -0.05) is 33.1 Å². The Bertz CT molecular complexity index is 411. The van der Waals surface area contributed by atoms with Crippen molar-refractivity contribution >= 4 is 11.6 Å². The minimum atomic E-state index is 0.335. The van der Waals surface area contributed by atoms with Gasteiger partial charge in [-0.15, -0.1) is 0 Å². The van der Waals surface area contributed by atoms with E-state index in [4.69, 9.17) is 5.73 Å². The number of aromatic nitrogens is 2. The Morgan fingerprint density at radius 1 is 1.16 bits per heavy atom. The fraction of sp³-hybridized carbons (Fsp3) is 0.733. The third kappa shape index (κ3) is 3.37. The van der Waals surface area contributed by atoms with E-state index in [1.165, 1.54) is 32.1 Å². The van der Waals surface area contributed by atoms with Gasteiger partial charge in [0.2, 0.25) is 0 Å². The molecule has 0 spiro atoms.